The normalized spacial score (nSPS) is 36.4. The molecule has 5 heteroatoms. The molecule has 4 heterocycles. The summed E-state index contributed by atoms with van der Waals surface area (Å²) in [6.07, 6.45) is 13.8. The van der Waals surface area contributed by atoms with Crippen LogP contribution in [0.1, 0.15) is 87.4 Å². The standard InChI is InChI=1S/C26H37N3O2/c1-17-24-13-23-20(12-19(15-27-23)18-4-2-3-5-18)16-29(24)25(30)26(17)9-6-22(14-26)28-21-7-10-31-11-8-21/h12,15,17-18,21-22,24,28H,2-11,13-14,16H2,1H3/t17?,22-,24?,26+/m1/s1. The summed E-state index contributed by atoms with van der Waals surface area (Å²) in [5.74, 6) is 1.52. The first kappa shape index (κ1) is 20.2. The van der Waals surface area contributed by atoms with Gasteiger partial charge in [-0.1, -0.05) is 25.8 Å². The minimum absolute atomic E-state index is 0.163. The molecular formula is C26H37N3O2. The Hall–Kier alpha value is -1.46. The Morgan fingerprint density at radius 2 is 1.94 bits per heavy atom. The van der Waals surface area contributed by atoms with E-state index in [1.165, 1.54) is 42.5 Å². The fourth-order valence-corrected chi connectivity index (χ4v) is 7.51. The third-order valence-corrected chi connectivity index (χ3v) is 9.43. The number of aromatic nitrogens is 1. The zero-order chi connectivity index (χ0) is 21.0. The number of nitrogens with zero attached hydrogens (tertiary/aromatic N) is 2. The summed E-state index contributed by atoms with van der Waals surface area (Å²) in [4.78, 5) is 21.0. The monoisotopic (exact) mass is 423 g/mol. The minimum atomic E-state index is -0.163. The van der Waals surface area contributed by atoms with Crippen molar-refractivity contribution in [3.8, 4) is 0 Å². The number of fused-ring (bicyclic) bond motifs is 2. The van der Waals surface area contributed by atoms with Gasteiger partial charge in [0.1, 0.15) is 0 Å². The van der Waals surface area contributed by atoms with Gasteiger partial charge in [-0.2, -0.15) is 0 Å². The lowest BCUT2D eigenvalue weighted by atomic mass is 9.73. The molecule has 168 valence electrons. The zero-order valence-electron chi connectivity index (χ0n) is 18.9. The molecule has 5 aliphatic rings. The van der Waals surface area contributed by atoms with Crippen molar-refractivity contribution in [2.75, 3.05) is 13.2 Å². The van der Waals surface area contributed by atoms with Gasteiger partial charge in [-0.3, -0.25) is 9.78 Å². The lowest BCUT2D eigenvalue weighted by Gasteiger charge is -2.33. The Morgan fingerprint density at radius 3 is 2.74 bits per heavy atom. The molecule has 1 aromatic rings. The number of ether oxygens (including phenoxy) is 1. The number of hydrogen-bond donors (Lipinski definition) is 1. The summed E-state index contributed by atoms with van der Waals surface area (Å²) < 4.78 is 5.52. The molecule has 31 heavy (non-hydrogen) atoms. The zero-order valence-corrected chi connectivity index (χ0v) is 18.9. The topological polar surface area (TPSA) is 54.5 Å². The molecule has 3 aliphatic heterocycles. The SMILES string of the molecule is CC1C2Cc3ncc(C4CCCC4)cc3CN2C(=O)[C@]12CC[C@@H](NC1CCOCC1)C2. The van der Waals surface area contributed by atoms with E-state index < -0.39 is 0 Å². The van der Waals surface area contributed by atoms with Gasteiger partial charge in [0, 0.05) is 56.2 Å². The Kier molecular flexibility index (Phi) is 5.10. The minimum Gasteiger partial charge on any atom is -0.381 e. The maximum Gasteiger partial charge on any atom is 0.229 e. The molecule has 2 aliphatic carbocycles. The number of hydrogen-bond acceptors (Lipinski definition) is 4. The van der Waals surface area contributed by atoms with Crippen LogP contribution >= 0.6 is 0 Å². The van der Waals surface area contributed by atoms with Crippen LogP contribution < -0.4 is 5.32 Å². The molecule has 0 bridgehead atoms. The molecule has 2 saturated carbocycles. The number of nitrogens with one attached hydrogen (secondary N) is 1. The van der Waals surface area contributed by atoms with Gasteiger partial charge in [-0.15, -0.1) is 0 Å². The van der Waals surface area contributed by atoms with E-state index in [4.69, 9.17) is 9.72 Å². The molecular weight excluding hydrogens is 386 g/mol. The Labute approximate surface area is 186 Å². The van der Waals surface area contributed by atoms with E-state index in [9.17, 15) is 4.79 Å². The third-order valence-electron chi connectivity index (χ3n) is 9.43. The summed E-state index contributed by atoms with van der Waals surface area (Å²) in [6, 6.07) is 3.75. The predicted molar refractivity (Wildman–Crippen MR) is 120 cm³/mol. The number of carbonyl (C=O) groups excluding carboxylic acids is 1. The average Bonchev–Trinajstić information content (AvgIpc) is 3.52. The highest BCUT2D eigenvalue weighted by Gasteiger charge is 2.60. The third kappa shape index (κ3) is 3.34. The molecule has 4 fully saturated rings. The molecule has 1 spiro atoms. The van der Waals surface area contributed by atoms with Crippen LogP contribution in [-0.2, 0) is 22.5 Å². The second kappa shape index (κ2) is 7.84. The Morgan fingerprint density at radius 1 is 1.13 bits per heavy atom. The summed E-state index contributed by atoms with van der Waals surface area (Å²) in [6.45, 7) is 4.86. The van der Waals surface area contributed by atoms with Crippen LogP contribution in [0.2, 0.25) is 0 Å². The van der Waals surface area contributed by atoms with E-state index in [0.717, 1.165) is 58.3 Å². The van der Waals surface area contributed by atoms with Gasteiger partial charge in [0.25, 0.3) is 0 Å². The van der Waals surface area contributed by atoms with Crippen molar-refractivity contribution >= 4 is 5.91 Å². The van der Waals surface area contributed by atoms with Crippen LogP contribution in [0.15, 0.2) is 12.3 Å². The fourth-order valence-electron chi connectivity index (χ4n) is 7.51. The van der Waals surface area contributed by atoms with Crippen molar-refractivity contribution in [1.82, 2.24) is 15.2 Å². The van der Waals surface area contributed by atoms with Crippen molar-refractivity contribution < 1.29 is 9.53 Å². The molecule has 6 rings (SSSR count). The van der Waals surface area contributed by atoms with Crippen LogP contribution in [0.3, 0.4) is 0 Å². The predicted octanol–water partition coefficient (Wildman–Crippen LogP) is 3.95. The number of rotatable bonds is 3. The molecule has 2 unspecified atom stereocenters. The van der Waals surface area contributed by atoms with E-state index >= 15 is 0 Å². The average molecular weight is 424 g/mol. The second-order valence-electron chi connectivity index (χ2n) is 11.0. The van der Waals surface area contributed by atoms with Crippen LogP contribution in [0.4, 0.5) is 0 Å². The van der Waals surface area contributed by atoms with Gasteiger partial charge < -0.3 is 15.0 Å². The first-order chi connectivity index (χ1) is 15.1. The first-order valence-corrected chi connectivity index (χ1v) is 12.8. The maximum atomic E-state index is 13.8. The number of amides is 1. The van der Waals surface area contributed by atoms with E-state index in [-0.39, 0.29) is 5.41 Å². The van der Waals surface area contributed by atoms with Crippen molar-refractivity contribution in [2.45, 2.75) is 102 Å². The van der Waals surface area contributed by atoms with Crippen LogP contribution in [0, 0.1) is 11.3 Å². The Bertz CT molecular complexity index is 845. The van der Waals surface area contributed by atoms with Crippen molar-refractivity contribution in [3.63, 3.8) is 0 Å². The summed E-state index contributed by atoms with van der Waals surface area (Å²) in [5, 5.41) is 3.88. The van der Waals surface area contributed by atoms with E-state index in [1.54, 1.807) is 0 Å². The Balaban J connectivity index is 1.19. The van der Waals surface area contributed by atoms with Gasteiger partial charge in [-0.05, 0) is 67.9 Å². The van der Waals surface area contributed by atoms with Crippen molar-refractivity contribution in [3.05, 3.63) is 29.1 Å². The van der Waals surface area contributed by atoms with Gasteiger partial charge in [0.05, 0.1) is 5.41 Å². The highest BCUT2D eigenvalue weighted by atomic mass is 16.5. The van der Waals surface area contributed by atoms with Gasteiger partial charge in [0.2, 0.25) is 5.91 Å². The number of pyridine rings is 1. The van der Waals surface area contributed by atoms with Crippen LogP contribution in [0.5, 0.6) is 0 Å². The molecule has 0 radical (unpaired) electrons. The highest BCUT2D eigenvalue weighted by molar-refractivity contribution is 5.87. The van der Waals surface area contributed by atoms with E-state index in [0.29, 0.717) is 35.9 Å². The molecule has 2 saturated heterocycles. The number of carbonyl (C=O) groups is 1. The molecule has 5 nitrogen and oxygen atoms in total. The largest absolute Gasteiger partial charge is 0.381 e. The van der Waals surface area contributed by atoms with Gasteiger partial charge in [0.15, 0.2) is 0 Å². The van der Waals surface area contributed by atoms with E-state index in [2.05, 4.69) is 29.4 Å². The van der Waals surface area contributed by atoms with Crippen LogP contribution in [-0.4, -0.2) is 47.1 Å². The molecule has 1 N–H and O–H groups in total. The van der Waals surface area contributed by atoms with Crippen molar-refractivity contribution in [1.29, 1.82) is 0 Å². The molecule has 0 aromatic carbocycles. The smallest absolute Gasteiger partial charge is 0.229 e. The lowest BCUT2D eigenvalue weighted by Crippen LogP contribution is -2.42. The second-order valence-corrected chi connectivity index (χ2v) is 11.0. The molecule has 1 amide bonds. The van der Waals surface area contributed by atoms with Gasteiger partial charge in [-0.25, -0.2) is 0 Å². The quantitative estimate of drug-likeness (QED) is 0.800. The molecule has 1 aromatic heterocycles. The summed E-state index contributed by atoms with van der Waals surface area (Å²) >= 11 is 0. The van der Waals surface area contributed by atoms with Gasteiger partial charge >= 0.3 is 0 Å². The van der Waals surface area contributed by atoms with Crippen LogP contribution in [0.25, 0.3) is 0 Å². The maximum absolute atomic E-state index is 13.8. The lowest BCUT2D eigenvalue weighted by molar-refractivity contribution is -0.137. The first-order valence-electron chi connectivity index (χ1n) is 12.8. The fraction of sp³-hybridized carbons (Fsp3) is 0.769. The van der Waals surface area contributed by atoms with E-state index in [1.807, 2.05) is 0 Å². The van der Waals surface area contributed by atoms with Crippen molar-refractivity contribution in [2.24, 2.45) is 11.3 Å². The summed E-state index contributed by atoms with van der Waals surface area (Å²) in [7, 11) is 0. The summed E-state index contributed by atoms with van der Waals surface area (Å²) in [5.41, 5.74) is 3.80. The molecule has 4 atom stereocenters. The highest BCUT2D eigenvalue weighted by Crippen LogP contribution is 2.54.